The van der Waals surface area contributed by atoms with E-state index in [1.54, 1.807) is 36.5 Å². The van der Waals surface area contributed by atoms with E-state index in [0.29, 0.717) is 41.6 Å². The van der Waals surface area contributed by atoms with Gasteiger partial charge in [0.15, 0.2) is 0 Å². The maximum atomic E-state index is 11.6. The fourth-order valence-electron chi connectivity index (χ4n) is 4.23. The zero-order chi connectivity index (χ0) is 26.0. The second kappa shape index (κ2) is 11.5. The van der Waals surface area contributed by atoms with Gasteiger partial charge in [-0.1, -0.05) is 30.3 Å². The normalized spacial score (nSPS) is 11.3. The average molecular weight is 541 g/mol. The predicted molar refractivity (Wildman–Crippen MR) is 144 cm³/mol. The molecule has 0 saturated carbocycles. The summed E-state index contributed by atoms with van der Waals surface area (Å²) in [6, 6.07) is 19.9. The van der Waals surface area contributed by atoms with Crippen LogP contribution < -0.4 is 39.6 Å². The Kier molecular flexibility index (Phi) is 8.37. The molecule has 5 aromatic rings. The van der Waals surface area contributed by atoms with Gasteiger partial charge in [0.05, 0.1) is 23.4 Å². The Balaban J connectivity index is 0.00000210. The minimum atomic E-state index is -3.03. The predicted octanol–water partition coefficient (Wildman–Crippen LogP) is 1.95. The molecule has 2 N–H and O–H groups in total. The third-order valence-electron chi connectivity index (χ3n) is 5.90. The maximum Gasteiger partial charge on any atom is 1.00 e. The molecular weight excluding hydrogens is 515 g/mol. The van der Waals surface area contributed by atoms with Crippen molar-refractivity contribution in [2.45, 2.75) is 6.42 Å². The monoisotopic (exact) mass is 540 g/mol. The summed E-state index contributed by atoms with van der Waals surface area (Å²) in [4.78, 5) is 20.6. The van der Waals surface area contributed by atoms with Gasteiger partial charge in [0.1, 0.15) is 21.4 Å². The smallest absolute Gasteiger partial charge is 1.00 e. The number of benzene rings is 3. The van der Waals surface area contributed by atoms with E-state index in [4.69, 9.17) is 4.74 Å². The molecule has 0 saturated heterocycles. The number of nitrogens with one attached hydrogen (secondary N) is 1. The molecule has 9 nitrogen and oxygen atoms in total. The quantitative estimate of drug-likeness (QED) is 0.215. The number of carboxylic acids is 1. The van der Waals surface area contributed by atoms with Crippen molar-refractivity contribution in [3.63, 3.8) is 0 Å². The number of rotatable bonds is 9. The molecule has 190 valence electrons. The Morgan fingerprint density at radius 3 is 2.58 bits per heavy atom. The van der Waals surface area contributed by atoms with Crippen LogP contribution >= 0.6 is 0 Å². The maximum absolute atomic E-state index is 11.6. The van der Waals surface area contributed by atoms with Crippen LogP contribution in [0.15, 0.2) is 79.1 Å². The average Bonchev–Trinajstić information content (AvgIpc) is 3.31. The molecule has 0 bridgehead atoms. The fourth-order valence-corrected chi connectivity index (χ4v) is 4.87. The van der Waals surface area contributed by atoms with Gasteiger partial charge in [-0.25, -0.2) is 18.2 Å². The van der Waals surface area contributed by atoms with Crippen molar-refractivity contribution in [3.05, 3.63) is 84.7 Å². The number of nitrogens with zero attached hydrogens (tertiary/aromatic N) is 3. The minimum Gasteiger partial charge on any atom is -1.00 e. The molecule has 0 amide bonds. The number of fused-ring (bicyclic) bond motifs is 2. The van der Waals surface area contributed by atoms with E-state index in [2.05, 4.69) is 15.3 Å². The van der Waals surface area contributed by atoms with Crippen LogP contribution in [0.4, 0.5) is 11.6 Å². The number of ether oxygens (including phenoxy) is 1. The summed E-state index contributed by atoms with van der Waals surface area (Å²) in [6.45, 7) is 0.299. The number of hydrogen-bond donors (Lipinski definition) is 2. The molecular formula is C27H25N4NaO5S. The van der Waals surface area contributed by atoms with Gasteiger partial charge in [0.2, 0.25) is 5.95 Å². The Labute approximate surface area is 243 Å². The fraction of sp³-hybridized carbons (Fsp3) is 0.148. The van der Waals surface area contributed by atoms with Crippen molar-refractivity contribution in [3.8, 4) is 11.6 Å². The van der Waals surface area contributed by atoms with Crippen LogP contribution in [0.2, 0.25) is 0 Å². The van der Waals surface area contributed by atoms with Gasteiger partial charge in [-0.15, -0.1) is 0 Å². The molecule has 0 radical (unpaired) electrons. The van der Waals surface area contributed by atoms with Crippen LogP contribution in [0.3, 0.4) is 0 Å². The first-order chi connectivity index (χ1) is 17.8. The second-order valence-electron chi connectivity index (χ2n) is 8.58. The minimum absolute atomic E-state index is 0. The molecule has 2 aromatic heterocycles. The van der Waals surface area contributed by atoms with E-state index in [-0.39, 0.29) is 42.3 Å². The third-order valence-corrected chi connectivity index (χ3v) is 6.93. The number of aromatic carboxylic acids is 1. The van der Waals surface area contributed by atoms with Crippen LogP contribution in [0.1, 0.15) is 18.2 Å². The summed E-state index contributed by atoms with van der Waals surface area (Å²) in [5.41, 5.74) is 1.80. The Morgan fingerprint density at radius 1 is 1.03 bits per heavy atom. The summed E-state index contributed by atoms with van der Waals surface area (Å²) in [7, 11) is -3.03. The van der Waals surface area contributed by atoms with Crippen molar-refractivity contribution in [2.24, 2.45) is 0 Å². The van der Waals surface area contributed by atoms with Crippen LogP contribution in [-0.2, 0) is 9.84 Å². The van der Waals surface area contributed by atoms with E-state index in [1.807, 2.05) is 47.2 Å². The van der Waals surface area contributed by atoms with Crippen LogP contribution in [-0.4, -0.2) is 52.6 Å². The Hall–Kier alpha value is -3.44. The Morgan fingerprint density at radius 2 is 1.82 bits per heavy atom. The summed E-state index contributed by atoms with van der Waals surface area (Å²) in [5, 5.41) is 15.0. The molecule has 0 aliphatic carbocycles. The van der Waals surface area contributed by atoms with Gasteiger partial charge in [-0.2, -0.15) is 4.98 Å². The van der Waals surface area contributed by atoms with Gasteiger partial charge in [0.25, 0.3) is 0 Å². The number of carboxylic acid groups (broad SMARTS) is 1. The number of sulfone groups is 1. The topological polar surface area (TPSA) is 123 Å². The van der Waals surface area contributed by atoms with Gasteiger partial charge >= 0.3 is 35.5 Å². The SMILES string of the molecule is CS(=O)(=O)CCCOc1cccc2c1ccn2-c1ccnc(Nc2ccc(C(=O)O)c3ccccc23)n1.[H-].[Na+]. The van der Waals surface area contributed by atoms with Crippen molar-refractivity contribution < 1.29 is 54.0 Å². The molecule has 0 spiro atoms. The number of carbonyl (C=O) groups is 1. The molecule has 38 heavy (non-hydrogen) atoms. The van der Waals surface area contributed by atoms with E-state index in [0.717, 1.165) is 16.3 Å². The van der Waals surface area contributed by atoms with Crippen molar-refractivity contribution in [1.82, 2.24) is 14.5 Å². The molecule has 3 aromatic carbocycles. The third kappa shape index (κ3) is 5.99. The molecule has 0 fully saturated rings. The molecule has 0 atom stereocenters. The van der Waals surface area contributed by atoms with Crippen molar-refractivity contribution in [2.75, 3.05) is 23.9 Å². The zero-order valence-electron chi connectivity index (χ0n) is 22.0. The van der Waals surface area contributed by atoms with Gasteiger partial charge < -0.3 is 21.2 Å². The summed E-state index contributed by atoms with van der Waals surface area (Å²) in [6.07, 6.45) is 5.16. The Bertz CT molecular complexity index is 1740. The van der Waals surface area contributed by atoms with E-state index < -0.39 is 15.8 Å². The largest absolute Gasteiger partial charge is 1.00 e. The number of aromatic nitrogens is 3. The van der Waals surface area contributed by atoms with Gasteiger partial charge in [-0.05, 0) is 48.2 Å². The van der Waals surface area contributed by atoms with E-state index in [9.17, 15) is 18.3 Å². The molecule has 5 rings (SSSR count). The first-order valence-corrected chi connectivity index (χ1v) is 13.6. The summed E-state index contributed by atoms with van der Waals surface area (Å²) < 4.78 is 30.5. The summed E-state index contributed by atoms with van der Waals surface area (Å²) in [5.74, 6) is 0.755. The van der Waals surface area contributed by atoms with Crippen molar-refractivity contribution >= 4 is 49.1 Å². The standard InChI is InChI=1S/C27H24N4O5S.Na.H/c1-37(34,35)17-5-16-36-24-9-4-8-23-21(24)13-15-31(23)25-12-14-28-27(30-25)29-22-11-10-20(26(32)33)18-6-2-3-7-19(18)22;;/h2-4,6-15H,5,16-17H2,1H3,(H,32,33)(H,28,29,30);;/q;+1;-1. The van der Waals surface area contributed by atoms with Gasteiger partial charge in [0, 0.05) is 35.1 Å². The van der Waals surface area contributed by atoms with Crippen LogP contribution in [0, 0.1) is 0 Å². The number of anilines is 2. The second-order valence-corrected chi connectivity index (χ2v) is 10.8. The number of hydrogen-bond acceptors (Lipinski definition) is 7. The van der Waals surface area contributed by atoms with E-state index in [1.165, 1.54) is 6.26 Å². The van der Waals surface area contributed by atoms with E-state index >= 15 is 0 Å². The molecule has 2 heterocycles. The first kappa shape index (κ1) is 27.6. The first-order valence-electron chi connectivity index (χ1n) is 11.6. The summed E-state index contributed by atoms with van der Waals surface area (Å²) >= 11 is 0. The molecule has 0 unspecified atom stereocenters. The molecule has 0 aliphatic heterocycles. The molecule has 0 aliphatic rings. The zero-order valence-corrected chi connectivity index (χ0v) is 23.8. The van der Waals surface area contributed by atoms with Gasteiger partial charge in [-0.3, -0.25) is 0 Å². The van der Waals surface area contributed by atoms with Crippen molar-refractivity contribution in [1.29, 1.82) is 0 Å². The molecule has 11 heteroatoms. The van der Waals surface area contributed by atoms with Crippen LogP contribution in [0.5, 0.6) is 5.75 Å². The van der Waals surface area contributed by atoms with Crippen LogP contribution in [0.25, 0.3) is 27.5 Å².